The summed E-state index contributed by atoms with van der Waals surface area (Å²) in [6.45, 7) is 0. The molecule has 1 N–H and O–H groups in total. The van der Waals surface area contributed by atoms with Gasteiger partial charge in [-0.25, -0.2) is 9.78 Å². The summed E-state index contributed by atoms with van der Waals surface area (Å²) in [5.41, 5.74) is -0.174. The molecule has 0 amide bonds. The zero-order valence-corrected chi connectivity index (χ0v) is 9.16. The van der Waals surface area contributed by atoms with Gasteiger partial charge in [0.25, 0.3) is 0 Å². The lowest BCUT2D eigenvalue weighted by Crippen LogP contribution is -2.05. The van der Waals surface area contributed by atoms with Crippen molar-refractivity contribution < 1.29 is 19.4 Å². The van der Waals surface area contributed by atoms with E-state index in [9.17, 15) is 4.79 Å². The highest BCUT2D eigenvalue weighted by molar-refractivity contribution is 9.10. The van der Waals surface area contributed by atoms with Crippen molar-refractivity contribution in [3.8, 4) is 11.5 Å². The molecule has 5 nitrogen and oxygen atoms in total. The summed E-state index contributed by atoms with van der Waals surface area (Å²) in [6.07, 6.45) is 1.35. The van der Waals surface area contributed by atoms with Crippen molar-refractivity contribution in [2.75, 3.05) is 14.2 Å². The molecule has 14 heavy (non-hydrogen) atoms. The van der Waals surface area contributed by atoms with Crippen LogP contribution >= 0.6 is 15.9 Å². The van der Waals surface area contributed by atoms with Gasteiger partial charge in [-0.2, -0.15) is 0 Å². The first-order chi connectivity index (χ1) is 6.61. The third-order valence-electron chi connectivity index (χ3n) is 1.56. The predicted octanol–water partition coefficient (Wildman–Crippen LogP) is 1.56. The average Bonchev–Trinajstić information content (AvgIpc) is 2.16. The summed E-state index contributed by atoms with van der Waals surface area (Å²) in [7, 11) is 2.78. The van der Waals surface area contributed by atoms with E-state index in [1.165, 1.54) is 20.4 Å². The van der Waals surface area contributed by atoms with E-state index in [1.807, 2.05) is 0 Å². The number of carbonyl (C=O) groups is 1. The van der Waals surface area contributed by atoms with Crippen LogP contribution in [0.3, 0.4) is 0 Å². The molecule has 0 aliphatic carbocycles. The van der Waals surface area contributed by atoms with Gasteiger partial charge in [0, 0.05) is 6.20 Å². The van der Waals surface area contributed by atoms with Crippen molar-refractivity contribution in [1.29, 1.82) is 0 Å². The van der Waals surface area contributed by atoms with Crippen LogP contribution < -0.4 is 9.47 Å². The van der Waals surface area contributed by atoms with Crippen molar-refractivity contribution in [2.24, 2.45) is 0 Å². The van der Waals surface area contributed by atoms with Crippen molar-refractivity contribution in [3.05, 3.63) is 16.4 Å². The molecule has 0 aromatic carbocycles. The summed E-state index contributed by atoms with van der Waals surface area (Å²) in [5, 5.41) is 8.79. The van der Waals surface area contributed by atoms with Gasteiger partial charge in [-0.15, -0.1) is 0 Å². The summed E-state index contributed by atoms with van der Waals surface area (Å²) in [6, 6.07) is 0. The smallest absolute Gasteiger partial charge is 0.358 e. The predicted molar refractivity (Wildman–Crippen MR) is 52.0 cm³/mol. The maximum absolute atomic E-state index is 10.7. The van der Waals surface area contributed by atoms with Gasteiger partial charge in [0.05, 0.1) is 18.7 Å². The minimum atomic E-state index is -1.16. The molecule has 0 saturated heterocycles. The third kappa shape index (κ3) is 1.79. The molecule has 1 aromatic rings. The van der Waals surface area contributed by atoms with Crippen LogP contribution in [0.2, 0.25) is 0 Å². The number of carboxylic acid groups (broad SMARTS) is 1. The Hall–Kier alpha value is -1.30. The van der Waals surface area contributed by atoms with E-state index >= 15 is 0 Å². The monoisotopic (exact) mass is 261 g/mol. The van der Waals surface area contributed by atoms with Crippen LogP contribution in [0.5, 0.6) is 11.5 Å². The molecule has 0 saturated carbocycles. The standard InChI is InChI=1S/C8H8BrNO4/c1-13-6-4(9)3-10-5(8(11)12)7(6)14-2/h3H,1-2H3,(H,11,12). The topological polar surface area (TPSA) is 68.7 Å². The molecule has 0 unspecified atom stereocenters. The van der Waals surface area contributed by atoms with Crippen LogP contribution in [0.15, 0.2) is 10.7 Å². The zero-order valence-electron chi connectivity index (χ0n) is 7.57. The molecule has 1 heterocycles. The largest absolute Gasteiger partial charge is 0.492 e. The molecule has 1 rings (SSSR count). The minimum absolute atomic E-state index is 0.106. The molecular formula is C8H8BrNO4. The SMILES string of the molecule is COc1c(Br)cnc(C(=O)O)c1OC. The van der Waals surface area contributed by atoms with Gasteiger partial charge in [0.2, 0.25) is 0 Å². The number of pyridine rings is 1. The van der Waals surface area contributed by atoms with Gasteiger partial charge in [0.15, 0.2) is 17.2 Å². The molecule has 6 heteroatoms. The Morgan fingerprint density at radius 2 is 2.00 bits per heavy atom. The van der Waals surface area contributed by atoms with Crippen LogP contribution in [-0.2, 0) is 0 Å². The van der Waals surface area contributed by atoms with E-state index in [4.69, 9.17) is 14.6 Å². The van der Waals surface area contributed by atoms with Crippen LogP contribution in [0.1, 0.15) is 10.5 Å². The summed E-state index contributed by atoms with van der Waals surface area (Å²) in [4.78, 5) is 14.5. The van der Waals surface area contributed by atoms with Crippen LogP contribution in [-0.4, -0.2) is 30.3 Å². The van der Waals surface area contributed by atoms with Crippen molar-refractivity contribution in [1.82, 2.24) is 4.98 Å². The second kappa shape index (κ2) is 4.28. The first kappa shape index (κ1) is 10.8. The van der Waals surface area contributed by atoms with Crippen LogP contribution in [0.25, 0.3) is 0 Å². The Kier molecular flexibility index (Phi) is 3.29. The van der Waals surface area contributed by atoms with E-state index in [0.29, 0.717) is 10.2 Å². The fraction of sp³-hybridized carbons (Fsp3) is 0.250. The molecule has 1 aromatic heterocycles. The van der Waals surface area contributed by atoms with Crippen LogP contribution in [0.4, 0.5) is 0 Å². The van der Waals surface area contributed by atoms with E-state index in [2.05, 4.69) is 20.9 Å². The summed E-state index contributed by atoms with van der Waals surface area (Å²) < 4.78 is 10.4. The zero-order chi connectivity index (χ0) is 10.7. The number of hydrogen-bond acceptors (Lipinski definition) is 4. The molecule has 0 radical (unpaired) electrons. The first-order valence-corrected chi connectivity index (χ1v) is 4.40. The second-order valence-corrected chi connectivity index (χ2v) is 3.18. The molecule has 0 spiro atoms. The average molecular weight is 262 g/mol. The lowest BCUT2D eigenvalue weighted by molar-refractivity contribution is 0.0685. The van der Waals surface area contributed by atoms with Crippen molar-refractivity contribution in [2.45, 2.75) is 0 Å². The van der Waals surface area contributed by atoms with Gasteiger partial charge in [-0.3, -0.25) is 0 Å². The number of aromatic carboxylic acids is 1. The maximum atomic E-state index is 10.7. The normalized spacial score (nSPS) is 9.64. The number of aromatic nitrogens is 1. The number of rotatable bonds is 3. The summed E-state index contributed by atoms with van der Waals surface area (Å²) >= 11 is 3.17. The molecule has 0 bridgehead atoms. The number of ether oxygens (including phenoxy) is 2. The van der Waals surface area contributed by atoms with E-state index in [-0.39, 0.29) is 11.4 Å². The van der Waals surface area contributed by atoms with Crippen molar-refractivity contribution >= 4 is 21.9 Å². The highest BCUT2D eigenvalue weighted by Gasteiger charge is 2.19. The Morgan fingerprint density at radius 3 is 2.43 bits per heavy atom. The quantitative estimate of drug-likeness (QED) is 0.895. The number of nitrogens with zero attached hydrogens (tertiary/aromatic N) is 1. The van der Waals surface area contributed by atoms with E-state index in [0.717, 1.165) is 0 Å². The second-order valence-electron chi connectivity index (χ2n) is 2.33. The number of hydrogen-bond donors (Lipinski definition) is 1. The molecular weight excluding hydrogens is 254 g/mol. The number of halogens is 1. The third-order valence-corrected chi connectivity index (χ3v) is 2.12. The molecule has 76 valence electrons. The Bertz CT molecular complexity index is 367. The molecule has 0 aliphatic heterocycles. The lowest BCUT2D eigenvalue weighted by atomic mass is 10.3. The number of methoxy groups -OCH3 is 2. The van der Waals surface area contributed by atoms with Gasteiger partial charge in [-0.05, 0) is 15.9 Å². The van der Waals surface area contributed by atoms with E-state index < -0.39 is 5.97 Å². The van der Waals surface area contributed by atoms with Crippen molar-refractivity contribution in [3.63, 3.8) is 0 Å². The Morgan fingerprint density at radius 1 is 1.43 bits per heavy atom. The highest BCUT2D eigenvalue weighted by atomic mass is 79.9. The van der Waals surface area contributed by atoms with Gasteiger partial charge in [0.1, 0.15) is 0 Å². The van der Waals surface area contributed by atoms with Gasteiger partial charge >= 0.3 is 5.97 Å². The Balaban J connectivity index is 3.40. The summed E-state index contributed by atoms with van der Waals surface area (Å²) in [5.74, 6) is -0.734. The van der Waals surface area contributed by atoms with E-state index in [1.54, 1.807) is 0 Å². The van der Waals surface area contributed by atoms with Crippen LogP contribution in [0, 0.1) is 0 Å². The highest BCUT2D eigenvalue weighted by Crippen LogP contribution is 2.36. The molecule has 0 atom stereocenters. The Labute approximate surface area is 88.8 Å². The van der Waals surface area contributed by atoms with Gasteiger partial charge in [-0.1, -0.05) is 0 Å². The lowest BCUT2D eigenvalue weighted by Gasteiger charge is -2.10. The molecule has 0 fully saturated rings. The fourth-order valence-corrected chi connectivity index (χ4v) is 1.43. The first-order valence-electron chi connectivity index (χ1n) is 3.61. The maximum Gasteiger partial charge on any atom is 0.358 e. The minimum Gasteiger partial charge on any atom is -0.492 e. The fourth-order valence-electron chi connectivity index (χ4n) is 0.986. The van der Waals surface area contributed by atoms with Gasteiger partial charge < -0.3 is 14.6 Å². The number of carboxylic acids is 1. The molecule has 0 aliphatic rings.